The van der Waals surface area contributed by atoms with Gasteiger partial charge in [0.2, 0.25) is 15.9 Å². The Bertz CT molecular complexity index is 538. The quantitative estimate of drug-likeness (QED) is 0.715. The summed E-state index contributed by atoms with van der Waals surface area (Å²) in [4.78, 5) is 14.9. The molecule has 0 bridgehead atoms. The zero-order valence-electron chi connectivity index (χ0n) is 13.7. The highest BCUT2D eigenvalue weighted by atomic mass is 32.2. The van der Waals surface area contributed by atoms with Crippen LogP contribution in [0.2, 0.25) is 0 Å². The fraction of sp³-hybridized carbons (Fsp3) is 0.933. The van der Waals surface area contributed by atoms with Crippen molar-refractivity contribution in [2.45, 2.75) is 19.8 Å². The highest BCUT2D eigenvalue weighted by Crippen LogP contribution is 2.46. The van der Waals surface area contributed by atoms with Gasteiger partial charge >= 0.3 is 0 Å². The van der Waals surface area contributed by atoms with Crippen molar-refractivity contribution < 1.29 is 22.7 Å². The second kappa shape index (κ2) is 6.66. The molecule has 3 heterocycles. The monoisotopic (exact) mass is 346 g/mol. The van der Waals surface area contributed by atoms with Crippen molar-refractivity contribution in [1.82, 2.24) is 9.21 Å². The Morgan fingerprint density at radius 1 is 1.13 bits per heavy atom. The van der Waals surface area contributed by atoms with Gasteiger partial charge in [-0.15, -0.1) is 0 Å². The Balaban J connectivity index is 1.84. The Hall–Kier alpha value is -0.700. The molecule has 23 heavy (non-hydrogen) atoms. The summed E-state index contributed by atoms with van der Waals surface area (Å²) in [6.07, 6.45) is 1.51. The molecule has 1 spiro atoms. The molecule has 1 atom stereocenters. The maximum absolute atomic E-state index is 13.0. The van der Waals surface area contributed by atoms with E-state index in [0.717, 1.165) is 12.8 Å². The molecule has 7 nitrogen and oxygen atoms in total. The molecule has 0 unspecified atom stereocenters. The lowest BCUT2D eigenvalue weighted by Crippen LogP contribution is -2.49. The third-order valence-electron chi connectivity index (χ3n) is 5.48. The number of hydrogen-bond acceptors (Lipinski definition) is 5. The molecule has 0 aromatic heterocycles. The molecule has 0 saturated carbocycles. The van der Waals surface area contributed by atoms with Gasteiger partial charge in [0.1, 0.15) is 0 Å². The number of amides is 1. The van der Waals surface area contributed by atoms with E-state index >= 15 is 0 Å². The summed E-state index contributed by atoms with van der Waals surface area (Å²) < 4.78 is 37.0. The number of morpholine rings is 1. The van der Waals surface area contributed by atoms with Crippen LogP contribution in [0, 0.1) is 11.3 Å². The van der Waals surface area contributed by atoms with Gasteiger partial charge in [-0.1, -0.05) is 0 Å². The van der Waals surface area contributed by atoms with Gasteiger partial charge in [-0.25, -0.2) is 12.7 Å². The number of hydrogen-bond donors (Lipinski definition) is 0. The van der Waals surface area contributed by atoms with Crippen LogP contribution in [-0.2, 0) is 24.3 Å². The summed E-state index contributed by atoms with van der Waals surface area (Å²) in [5.74, 6) is -0.0901. The number of carbonyl (C=O) groups is 1. The van der Waals surface area contributed by atoms with Crippen LogP contribution in [-0.4, -0.2) is 81.9 Å². The SMILES string of the molecule is CCS(=O)(=O)N1C[C@H](C(=O)N2CCOCC2)C2(CCOCC2)C1. The molecule has 132 valence electrons. The lowest BCUT2D eigenvalue weighted by atomic mass is 9.71. The van der Waals surface area contributed by atoms with Crippen LogP contribution >= 0.6 is 0 Å². The minimum absolute atomic E-state index is 0.0814. The van der Waals surface area contributed by atoms with Crippen LogP contribution in [0.4, 0.5) is 0 Å². The normalized spacial score (nSPS) is 29.1. The fourth-order valence-electron chi connectivity index (χ4n) is 3.95. The molecular formula is C15H26N2O5S. The lowest BCUT2D eigenvalue weighted by Gasteiger charge is -2.39. The molecule has 3 fully saturated rings. The third-order valence-corrected chi connectivity index (χ3v) is 7.28. The minimum Gasteiger partial charge on any atom is -0.381 e. The predicted octanol–water partition coefficient (Wildman–Crippen LogP) is -0.0765. The van der Waals surface area contributed by atoms with Crippen LogP contribution in [0.5, 0.6) is 0 Å². The van der Waals surface area contributed by atoms with Crippen molar-refractivity contribution in [3.63, 3.8) is 0 Å². The van der Waals surface area contributed by atoms with Gasteiger partial charge < -0.3 is 14.4 Å². The molecule has 3 rings (SSSR count). The van der Waals surface area contributed by atoms with E-state index in [1.165, 1.54) is 4.31 Å². The van der Waals surface area contributed by atoms with Gasteiger partial charge in [0.05, 0.1) is 24.9 Å². The molecule has 3 aliphatic heterocycles. The first kappa shape index (κ1) is 17.1. The summed E-state index contributed by atoms with van der Waals surface area (Å²) in [5, 5.41) is 0. The topological polar surface area (TPSA) is 76.2 Å². The highest BCUT2D eigenvalue weighted by Gasteiger charge is 2.53. The zero-order chi connectivity index (χ0) is 16.5. The van der Waals surface area contributed by atoms with Crippen molar-refractivity contribution in [3.05, 3.63) is 0 Å². The van der Waals surface area contributed by atoms with E-state index in [0.29, 0.717) is 52.6 Å². The molecule has 3 saturated heterocycles. The van der Waals surface area contributed by atoms with Crippen molar-refractivity contribution >= 4 is 15.9 Å². The maximum Gasteiger partial charge on any atom is 0.227 e. The number of rotatable bonds is 3. The Morgan fingerprint density at radius 3 is 2.35 bits per heavy atom. The maximum atomic E-state index is 13.0. The number of sulfonamides is 1. The van der Waals surface area contributed by atoms with Crippen LogP contribution in [0.3, 0.4) is 0 Å². The summed E-state index contributed by atoms with van der Waals surface area (Å²) in [7, 11) is -3.27. The molecule has 3 aliphatic rings. The largest absolute Gasteiger partial charge is 0.381 e. The van der Waals surface area contributed by atoms with Gasteiger partial charge in [-0.2, -0.15) is 0 Å². The van der Waals surface area contributed by atoms with Crippen LogP contribution in [0.25, 0.3) is 0 Å². The lowest BCUT2D eigenvalue weighted by molar-refractivity contribution is -0.144. The number of nitrogens with zero attached hydrogens (tertiary/aromatic N) is 2. The van der Waals surface area contributed by atoms with Gasteiger partial charge in [-0.3, -0.25) is 4.79 Å². The first-order chi connectivity index (χ1) is 11.0. The number of ether oxygens (including phenoxy) is 2. The van der Waals surface area contributed by atoms with Gasteiger partial charge in [0.25, 0.3) is 0 Å². The first-order valence-electron chi connectivity index (χ1n) is 8.41. The zero-order valence-corrected chi connectivity index (χ0v) is 14.5. The van der Waals surface area contributed by atoms with Crippen molar-refractivity contribution in [2.24, 2.45) is 11.3 Å². The summed E-state index contributed by atoms with van der Waals surface area (Å²) in [6, 6.07) is 0. The molecule has 0 N–H and O–H groups in total. The van der Waals surface area contributed by atoms with E-state index in [9.17, 15) is 13.2 Å². The van der Waals surface area contributed by atoms with E-state index in [4.69, 9.17) is 9.47 Å². The van der Waals surface area contributed by atoms with Crippen molar-refractivity contribution in [1.29, 1.82) is 0 Å². The van der Waals surface area contributed by atoms with E-state index in [1.807, 2.05) is 4.90 Å². The minimum atomic E-state index is -3.27. The van der Waals surface area contributed by atoms with Crippen molar-refractivity contribution in [2.75, 3.05) is 58.4 Å². The van der Waals surface area contributed by atoms with E-state index in [2.05, 4.69) is 0 Å². The summed E-state index contributed by atoms with van der Waals surface area (Å²) >= 11 is 0. The van der Waals surface area contributed by atoms with E-state index in [-0.39, 0.29) is 23.0 Å². The smallest absolute Gasteiger partial charge is 0.227 e. The highest BCUT2D eigenvalue weighted by molar-refractivity contribution is 7.89. The van der Waals surface area contributed by atoms with Crippen LogP contribution < -0.4 is 0 Å². The fourth-order valence-corrected chi connectivity index (χ4v) is 5.14. The molecule has 8 heteroatoms. The summed E-state index contributed by atoms with van der Waals surface area (Å²) in [6.45, 7) is 5.95. The molecule has 0 radical (unpaired) electrons. The molecule has 0 aromatic carbocycles. The van der Waals surface area contributed by atoms with E-state index in [1.54, 1.807) is 6.92 Å². The van der Waals surface area contributed by atoms with E-state index < -0.39 is 10.0 Å². The molecule has 0 aliphatic carbocycles. The Morgan fingerprint density at radius 2 is 1.74 bits per heavy atom. The van der Waals surface area contributed by atoms with Gasteiger partial charge in [0.15, 0.2) is 0 Å². The van der Waals surface area contributed by atoms with Crippen LogP contribution in [0.1, 0.15) is 19.8 Å². The predicted molar refractivity (Wildman–Crippen MR) is 84.4 cm³/mol. The Labute approximate surface area is 138 Å². The first-order valence-corrected chi connectivity index (χ1v) is 10.0. The molecule has 1 amide bonds. The van der Waals surface area contributed by atoms with Gasteiger partial charge in [-0.05, 0) is 19.8 Å². The standard InChI is InChI=1S/C15H26N2O5S/c1-2-23(19,20)17-11-13(14(18)16-5-9-22-10-6-16)15(12-17)3-7-21-8-4-15/h13H,2-12H2,1H3/t13-/m1/s1. The van der Waals surface area contributed by atoms with Crippen molar-refractivity contribution in [3.8, 4) is 0 Å². The third kappa shape index (κ3) is 3.26. The molecule has 0 aromatic rings. The van der Waals surface area contributed by atoms with Gasteiger partial charge in [0, 0.05) is 44.8 Å². The molecular weight excluding hydrogens is 320 g/mol. The average Bonchev–Trinajstić information content (AvgIpc) is 2.95. The van der Waals surface area contributed by atoms with Crippen LogP contribution in [0.15, 0.2) is 0 Å². The average molecular weight is 346 g/mol. The second-order valence-corrected chi connectivity index (χ2v) is 8.92. The Kier molecular flexibility index (Phi) is 4.96. The second-order valence-electron chi connectivity index (χ2n) is 6.66. The number of carbonyl (C=O) groups excluding carboxylic acids is 1. The summed E-state index contributed by atoms with van der Waals surface area (Å²) in [5.41, 5.74) is -0.268.